The fraction of sp³-hybridized carbons (Fsp3) is 0.870. The van der Waals surface area contributed by atoms with Crippen molar-refractivity contribution in [1.29, 1.82) is 0 Å². The van der Waals surface area contributed by atoms with Gasteiger partial charge in [-0.2, -0.15) is 0 Å². The van der Waals surface area contributed by atoms with Gasteiger partial charge in [-0.25, -0.2) is 0 Å². The number of aliphatic hydroxyl groups is 2. The Labute approximate surface area is 163 Å². The fourth-order valence-electron chi connectivity index (χ4n) is 7.77. The minimum atomic E-state index is -1.05. The lowest BCUT2D eigenvalue weighted by molar-refractivity contribution is -0.199. The van der Waals surface area contributed by atoms with E-state index in [1.165, 1.54) is 6.92 Å². The monoisotopic (exact) mass is 374 g/mol. The number of ether oxygens (including phenoxy) is 1. The largest absolute Gasteiger partial charge is 0.462 e. The third-order valence-corrected chi connectivity index (χ3v) is 9.34. The van der Waals surface area contributed by atoms with Crippen LogP contribution in [0.2, 0.25) is 0 Å². The Morgan fingerprint density at radius 3 is 2.48 bits per heavy atom. The lowest BCUT2D eigenvalue weighted by atomic mass is 9.43. The summed E-state index contributed by atoms with van der Waals surface area (Å²) in [4.78, 5) is 11.9. The molecule has 0 aliphatic heterocycles. The Hall–Kier alpha value is -1.05. The van der Waals surface area contributed by atoms with Gasteiger partial charge in [-0.3, -0.25) is 4.79 Å². The predicted octanol–water partition coefficient (Wildman–Crippen LogP) is 3.30. The molecule has 0 aromatic heterocycles. The lowest BCUT2D eigenvalue weighted by Gasteiger charge is -2.62. The molecule has 4 rings (SSSR count). The van der Waals surface area contributed by atoms with Gasteiger partial charge in [-0.05, 0) is 74.5 Å². The molecule has 4 saturated carbocycles. The van der Waals surface area contributed by atoms with Gasteiger partial charge in [-0.1, -0.05) is 19.8 Å². The summed E-state index contributed by atoms with van der Waals surface area (Å²) in [6.45, 7) is 6.05. The number of rotatable bonds is 1. The Bertz CT molecular complexity index is 668. The molecule has 4 nitrogen and oxygen atoms in total. The van der Waals surface area contributed by atoms with E-state index in [4.69, 9.17) is 11.2 Å². The quantitative estimate of drug-likeness (QED) is 0.546. The Morgan fingerprint density at radius 2 is 1.81 bits per heavy atom. The zero-order chi connectivity index (χ0) is 19.6. The number of carbonyl (C=O) groups is 1. The number of fused-ring (bicyclic) bond motifs is 5. The van der Waals surface area contributed by atoms with E-state index in [0.717, 1.165) is 44.9 Å². The molecule has 27 heavy (non-hydrogen) atoms. The number of esters is 1. The first kappa shape index (κ1) is 19.3. The van der Waals surface area contributed by atoms with Crippen molar-refractivity contribution in [3.05, 3.63) is 0 Å². The smallest absolute Gasteiger partial charge is 0.302 e. The second-order valence-electron chi connectivity index (χ2n) is 10.3. The van der Waals surface area contributed by atoms with Gasteiger partial charge >= 0.3 is 5.97 Å². The van der Waals surface area contributed by atoms with Crippen molar-refractivity contribution in [2.45, 2.75) is 89.9 Å². The van der Waals surface area contributed by atoms with Crippen molar-refractivity contribution >= 4 is 5.97 Å². The molecule has 4 fully saturated rings. The summed E-state index contributed by atoms with van der Waals surface area (Å²) < 4.78 is 5.89. The molecule has 4 heteroatoms. The van der Waals surface area contributed by atoms with E-state index in [0.29, 0.717) is 18.3 Å². The van der Waals surface area contributed by atoms with Crippen LogP contribution in [0, 0.1) is 46.8 Å². The summed E-state index contributed by atoms with van der Waals surface area (Å²) in [6.07, 6.45) is 12.5. The van der Waals surface area contributed by atoms with Crippen molar-refractivity contribution in [3.8, 4) is 12.3 Å². The summed E-state index contributed by atoms with van der Waals surface area (Å²) in [5.74, 6) is 3.89. The van der Waals surface area contributed by atoms with Crippen molar-refractivity contribution in [1.82, 2.24) is 0 Å². The Balaban J connectivity index is 1.73. The first-order valence-corrected chi connectivity index (χ1v) is 10.7. The van der Waals surface area contributed by atoms with Crippen LogP contribution < -0.4 is 0 Å². The van der Waals surface area contributed by atoms with E-state index in [2.05, 4.69) is 19.8 Å². The average Bonchev–Trinajstić information content (AvgIpc) is 2.88. The standard InChI is InChI=1S/C23H34O4/c1-5-23(26)11-8-18-20-17(7-10-22(18,23)4)21(3)9-6-16(25)12-15(21)13-19(20)27-14(2)24/h1,15-20,25-26H,6-13H2,2-4H3/t15?,16-,17+,18+,19+,20-,21+,22+,23+/m1/s1. The number of aliphatic hydroxyl groups excluding tert-OH is 1. The van der Waals surface area contributed by atoms with E-state index >= 15 is 0 Å². The zero-order valence-corrected chi connectivity index (χ0v) is 16.9. The Kier molecular flexibility index (Phi) is 4.44. The molecule has 4 aliphatic rings. The van der Waals surface area contributed by atoms with Gasteiger partial charge in [0.1, 0.15) is 11.7 Å². The van der Waals surface area contributed by atoms with E-state index in [9.17, 15) is 15.0 Å². The normalized spacial score (nSPS) is 54.2. The molecule has 0 heterocycles. The molecule has 0 saturated heterocycles. The van der Waals surface area contributed by atoms with Crippen LogP contribution in [0.1, 0.15) is 72.1 Å². The van der Waals surface area contributed by atoms with Crippen LogP contribution in [-0.2, 0) is 9.53 Å². The number of hydrogen-bond acceptors (Lipinski definition) is 4. The molecule has 0 amide bonds. The maximum absolute atomic E-state index is 11.9. The van der Waals surface area contributed by atoms with Crippen LogP contribution in [0.25, 0.3) is 0 Å². The van der Waals surface area contributed by atoms with Crippen molar-refractivity contribution in [2.75, 3.05) is 0 Å². The highest BCUT2D eigenvalue weighted by atomic mass is 16.5. The first-order valence-electron chi connectivity index (χ1n) is 10.7. The SMILES string of the molecule is C#C[C@]1(O)CC[C@H]2[C@@H]3[C@@H](OC(C)=O)CC4C[C@H](O)CC[C@]4(C)[C@H]3CC[C@@]21C. The van der Waals surface area contributed by atoms with Crippen LogP contribution in [0.5, 0.6) is 0 Å². The van der Waals surface area contributed by atoms with Crippen molar-refractivity contribution in [2.24, 2.45) is 34.5 Å². The van der Waals surface area contributed by atoms with Gasteiger partial charge in [0.05, 0.1) is 6.10 Å². The highest BCUT2D eigenvalue weighted by Crippen LogP contribution is 2.68. The van der Waals surface area contributed by atoms with Gasteiger partial charge < -0.3 is 14.9 Å². The topological polar surface area (TPSA) is 66.8 Å². The highest BCUT2D eigenvalue weighted by Gasteiger charge is 2.66. The molecule has 0 aromatic rings. The molecule has 0 spiro atoms. The van der Waals surface area contributed by atoms with E-state index in [1.54, 1.807) is 0 Å². The van der Waals surface area contributed by atoms with Gasteiger partial charge in [-0.15, -0.1) is 6.42 Å². The third kappa shape index (κ3) is 2.61. The molecule has 0 aromatic carbocycles. The minimum absolute atomic E-state index is 0.124. The minimum Gasteiger partial charge on any atom is -0.462 e. The average molecular weight is 375 g/mol. The molecule has 9 atom stereocenters. The number of hydrogen-bond donors (Lipinski definition) is 2. The second-order valence-corrected chi connectivity index (χ2v) is 10.3. The van der Waals surface area contributed by atoms with Gasteiger partial charge in [0.25, 0.3) is 0 Å². The highest BCUT2D eigenvalue weighted by molar-refractivity contribution is 5.66. The van der Waals surface area contributed by atoms with Crippen molar-refractivity contribution < 1.29 is 19.7 Å². The summed E-state index contributed by atoms with van der Waals surface area (Å²) in [5.41, 5.74) is -1.18. The molecule has 150 valence electrons. The lowest BCUT2D eigenvalue weighted by Crippen LogP contribution is -2.61. The number of terminal acetylenes is 1. The third-order valence-electron chi connectivity index (χ3n) is 9.34. The molecule has 1 unspecified atom stereocenters. The van der Waals surface area contributed by atoms with Crippen LogP contribution >= 0.6 is 0 Å². The van der Waals surface area contributed by atoms with Crippen LogP contribution in [0.4, 0.5) is 0 Å². The molecule has 0 radical (unpaired) electrons. The molecule has 2 N–H and O–H groups in total. The van der Waals surface area contributed by atoms with Crippen LogP contribution in [0.3, 0.4) is 0 Å². The zero-order valence-electron chi connectivity index (χ0n) is 16.9. The predicted molar refractivity (Wildman–Crippen MR) is 102 cm³/mol. The van der Waals surface area contributed by atoms with Crippen LogP contribution in [0.15, 0.2) is 0 Å². The maximum atomic E-state index is 11.9. The van der Waals surface area contributed by atoms with Crippen LogP contribution in [-0.4, -0.2) is 34.0 Å². The van der Waals surface area contributed by atoms with E-state index < -0.39 is 5.60 Å². The Morgan fingerprint density at radius 1 is 1.11 bits per heavy atom. The van der Waals surface area contributed by atoms with Gasteiger partial charge in [0, 0.05) is 18.3 Å². The summed E-state index contributed by atoms with van der Waals surface area (Å²) in [7, 11) is 0. The summed E-state index contributed by atoms with van der Waals surface area (Å²) in [6, 6.07) is 0. The van der Waals surface area contributed by atoms with Gasteiger partial charge in [0.2, 0.25) is 0 Å². The summed E-state index contributed by atoms with van der Waals surface area (Å²) >= 11 is 0. The van der Waals surface area contributed by atoms with Gasteiger partial charge in [0.15, 0.2) is 0 Å². The molecule has 4 aliphatic carbocycles. The van der Waals surface area contributed by atoms with Crippen molar-refractivity contribution in [3.63, 3.8) is 0 Å². The molecular weight excluding hydrogens is 340 g/mol. The number of carbonyl (C=O) groups excluding carboxylic acids is 1. The summed E-state index contributed by atoms with van der Waals surface area (Å²) in [5, 5.41) is 21.4. The second kappa shape index (κ2) is 6.22. The maximum Gasteiger partial charge on any atom is 0.302 e. The van der Waals surface area contributed by atoms with E-state index in [-0.39, 0.29) is 40.8 Å². The van der Waals surface area contributed by atoms with E-state index in [1.807, 2.05) is 0 Å². The molecular formula is C23H34O4. The fourth-order valence-corrected chi connectivity index (χ4v) is 7.77. The first-order chi connectivity index (χ1) is 12.6. The molecule has 0 bridgehead atoms.